The minimum Gasteiger partial charge on any atom is -0.539 e. The molecule has 2 aromatic rings. The van der Waals surface area contributed by atoms with Gasteiger partial charge in [-0.3, -0.25) is 0 Å². The molecule has 0 fully saturated rings. The minimum atomic E-state index is -6.37. The van der Waals surface area contributed by atoms with Crippen molar-refractivity contribution in [2.75, 3.05) is 0 Å². The molecule has 0 N–H and O–H groups in total. The highest BCUT2D eigenvalue weighted by Gasteiger charge is 2.80. The van der Waals surface area contributed by atoms with Gasteiger partial charge in [0.1, 0.15) is 0 Å². The standard InChI is InChI=1S/C22H15BF12O2P/c1-3-12(2)23-36-17(19(24,25)26,20(27,28)29)13-8-4-6-10-15(13)38(23)16-11-7-5-9-14(16)18(37-23,21(30,31)32)22(33,34)35/h3-11H,1-2H3/q-1/b12-3+. The molecule has 2 aromatic carbocycles. The van der Waals surface area contributed by atoms with E-state index < -0.39 is 77.2 Å². The molecule has 0 atom stereocenters. The monoisotopic (exact) mass is 581 g/mol. The second-order valence-electron chi connectivity index (χ2n) is 8.70. The summed E-state index contributed by atoms with van der Waals surface area (Å²) >= 11 is 0. The van der Waals surface area contributed by atoms with Crippen LogP contribution in [0.25, 0.3) is 0 Å². The Labute approximate surface area is 208 Å². The lowest BCUT2D eigenvalue weighted by Crippen LogP contribution is -2.74. The summed E-state index contributed by atoms with van der Waals surface area (Å²) < 4.78 is 183. The van der Waals surface area contributed by atoms with Crippen molar-refractivity contribution in [3.05, 3.63) is 71.2 Å². The lowest BCUT2D eigenvalue weighted by Gasteiger charge is -2.65. The minimum absolute atomic E-state index is 0.446. The molecule has 0 saturated carbocycles. The Morgan fingerprint density at radius 2 is 0.974 bits per heavy atom. The van der Waals surface area contributed by atoms with Crippen LogP contribution < -0.4 is 10.6 Å². The van der Waals surface area contributed by atoms with Crippen LogP contribution in [0.3, 0.4) is 0 Å². The summed E-state index contributed by atoms with van der Waals surface area (Å²) in [6.45, 7) is 1.81. The van der Waals surface area contributed by atoms with Gasteiger partial charge < -0.3 is 9.31 Å². The van der Waals surface area contributed by atoms with E-state index in [0.29, 0.717) is 12.1 Å². The van der Waals surface area contributed by atoms with Crippen molar-refractivity contribution in [3.8, 4) is 0 Å². The molecule has 208 valence electrons. The average molecular weight is 581 g/mol. The molecule has 2 aliphatic rings. The first kappa shape index (κ1) is 28.8. The van der Waals surface area contributed by atoms with E-state index in [1.165, 1.54) is 0 Å². The van der Waals surface area contributed by atoms with Crippen molar-refractivity contribution in [3.63, 3.8) is 0 Å². The predicted molar refractivity (Wildman–Crippen MR) is 114 cm³/mol. The molecular weight excluding hydrogens is 566 g/mol. The molecule has 2 heterocycles. The number of allylic oxidation sites excluding steroid dienone is 2. The summed E-state index contributed by atoms with van der Waals surface area (Å²) in [6.07, 6.45) is -29.5. The van der Waals surface area contributed by atoms with Gasteiger partial charge in [0, 0.05) is 11.1 Å². The van der Waals surface area contributed by atoms with E-state index in [1.54, 1.807) is 0 Å². The smallest absolute Gasteiger partial charge is 0.427 e. The van der Waals surface area contributed by atoms with Crippen LogP contribution in [-0.2, 0) is 20.5 Å². The molecule has 0 bridgehead atoms. The summed E-state index contributed by atoms with van der Waals surface area (Å²) in [5.74, 6) is 0. The molecule has 0 aliphatic carbocycles. The third kappa shape index (κ3) is 3.50. The fraction of sp³-hybridized carbons (Fsp3) is 0.364. The van der Waals surface area contributed by atoms with E-state index in [4.69, 9.17) is 9.31 Å². The van der Waals surface area contributed by atoms with E-state index in [2.05, 4.69) is 0 Å². The number of fused-ring (bicyclic) bond motifs is 5. The number of halogens is 12. The second-order valence-corrected chi connectivity index (χ2v) is 11.1. The fourth-order valence-electron chi connectivity index (χ4n) is 4.99. The van der Waals surface area contributed by atoms with Crippen molar-refractivity contribution in [1.29, 1.82) is 0 Å². The quantitative estimate of drug-likeness (QED) is 0.201. The highest BCUT2D eigenvalue weighted by Crippen LogP contribution is 2.70. The lowest BCUT2D eigenvalue weighted by atomic mass is 9.71. The molecule has 16 heteroatoms. The molecule has 2 nitrogen and oxygen atoms in total. The van der Waals surface area contributed by atoms with Gasteiger partial charge in [-0.1, -0.05) is 55.5 Å². The Kier molecular flexibility index (Phi) is 6.34. The zero-order chi connectivity index (χ0) is 28.7. The predicted octanol–water partition coefficient (Wildman–Crippen LogP) is 7.26. The maximum absolute atomic E-state index is 14.5. The number of benzene rings is 2. The highest BCUT2D eigenvalue weighted by molar-refractivity contribution is 8.04. The van der Waals surface area contributed by atoms with Gasteiger partial charge in [-0.25, -0.2) is 0 Å². The van der Waals surface area contributed by atoms with Crippen molar-refractivity contribution < 1.29 is 62.0 Å². The Bertz CT molecular complexity index is 1170. The SMILES string of the molecule is C/C=C(\C)[B-]12OC(C(F)(F)F)(C(F)(F)F)c3ccccc3P1c1ccccc1C(C(F)(F)F)(C(F)(F)F)O2. The fourth-order valence-corrected chi connectivity index (χ4v) is 8.55. The van der Waals surface area contributed by atoms with Crippen LogP contribution in [0.2, 0.25) is 0 Å². The van der Waals surface area contributed by atoms with Crippen molar-refractivity contribution >= 4 is 24.7 Å². The van der Waals surface area contributed by atoms with Crippen molar-refractivity contribution in [1.82, 2.24) is 0 Å². The van der Waals surface area contributed by atoms with E-state index in [1.807, 2.05) is 0 Å². The van der Waals surface area contributed by atoms with E-state index in [0.717, 1.165) is 56.3 Å². The Morgan fingerprint density at radius 3 is 1.26 bits per heavy atom. The average Bonchev–Trinajstić information content (AvgIpc) is 2.79. The van der Waals surface area contributed by atoms with E-state index in [-0.39, 0.29) is 0 Å². The molecule has 0 amide bonds. The summed E-state index contributed by atoms with van der Waals surface area (Å²) in [7, 11) is -2.96. The zero-order valence-electron chi connectivity index (χ0n) is 19.1. The van der Waals surface area contributed by atoms with E-state index in [9.17, 15) is 52.7 Å². The van der Waals surface area contributed by atoms with Gasteiger partial charge in [-0.2, -0.15) is 58.2 Å². The number of hydrogen-bond acceptors (Lipinski definition) is 2. The van der Waals surface area contributed by atoms with Gasteiger partial charge in [0.15, 0.2) is 0 Å². The van der Waals surface area contributed by atoms with Crippen LogP contribution in [-0.4, -0.2) is 31.0 Å². The van der Waals surface area contributed by atoms with E-state index >= 15 is 0 Å². The number of hydrogen-bond donors (Lipinski definition) is 0. The lowest BCUT2D eigenvalue weighted by molar-refractivity contribution is -0.387. The summed E-state index contributed by atoms with van der Waals surface area (Å²) in [4.78, 5) is 0. The molecular formula is C22H15BF12O2P-. The van der Waals surface area contributed by atoms with Crippen LogP contribution in [0.1, 0.15) is 25.0 Å². The normalized spacial score (nSPS) is 25.3. The van der Waals surface area contributed by atoms with Crippen molar-refractivity contribution in [2.24, 2.45) is 0 Å². The zero-order valence-corrected chi connectivity index (χ0v) is 20.0. The third-order valence-electron chi connectivity index (χ3n) is 6.73. The van der Waals surface area contributed by atoms with Gasteiger partial charge in [-0.05, 0) is 17.5 Å². The first-order valence-corrected chi connectivity index (χ1v) is 12.1. The molecule has 38 heavy (non-hydrogen) atoms. The largest absolute Gasteiger partial charge is 0.539 e. The molecule has 2 aliphatic heterocycles. The molecule has 0 saturated heterocycles. The maximum Gasteiger partial charge on any atom is 0.427 e. The second kappa shape index (κ2) is 8.38. The van der Waals surface area contributed by atoms with Gasteiger partial charge in [0.05, 0.1) is 0 Å². The number of rotatable bonds is 1. The maximum atomic E-state index is 14.5. The van der Waals surface area contributed by atoms with Crippen molar-refractivity contribution in [2.45, 2.75) is 49.8 Å². The Hall–Kier alpha value is -2.25. The molecule has 0 aromatic heterocycles. The topological polar surface area (TPSA) is 18.5 Å². The summed E-state index contributed by atoms with van der Waals surface area (Å²) in [6, 6.07) is 6.25. The highest BCUT2D eigenvalue weighted by atomic mass is 31.1. The van der Waals surface area contributed by atoms with Crippen LogP contribution in [0.5, 0.6) is 0 Å². The van der Waals surface area contributed by atoms with Gasteiger partial charge >= 0.3 is 31.0 Å². The number of alkyl halides is 12. The van der Waals surface area contributed by atoms with Gasteiger partial charge in [0.25, 0.3) is 0 Å². The van der Waals surface area contributed by atoms with Crippen LogP contribution in [0.15, 0.2) is 60.1 Å². The molecule has 4 rings (SSSR count). The molecule has 0 spiro atoms. The Morgan fingerprint density at radius 1 is 0.658 bits per heavy atom. The first-order valence-electron chi connectivity index (χ1n) is 10.7. The van der Waals surface area contributed by atoms with Gasteiger partial charge in [-0.15, -0.1) is 13.9 Å². The summed E-state index contributed by atoms with van der Waals surface area (Å²) in [5, 5.41) is -1.54. The summed E-state index contributed by atoms with van der Waals surface area (Å²) in [5.41, 5.74) is -14.4. The van der Waals surface area contributed by atoms with Crippen LogP contribution >= 0.6 is 7.80 Å². The Balaban J connectivity index is 2.29. The van der Waals surface area contributed by atoms with Gasteiger partial charge in [0.2, 0.25) is 11.2 Å². The third-order valence-corrected chi connectivity index (χ3v) is 9.84. The van der Waals surface area contributed by atoms with Crippen LogP contribution in [0, 0.1) is 0 Å². The molecule has 0 radical (unpaired) electrons. The molecule has 0 unspecified atom stereocenters. The van der Waals surface area contributed by atoms with Crippen LogP contribution in [0.4, 0.5) is 52.7 Å². The first-order chi connectivity index (χ1) is 17.2.